The van der Waals surface area contributed by atoms with E-state index in [2.05, 4.69) is 5.32 Å². The van der Waals surface area contributed by atoms with E-state index in [0.29, 0.717) is 16.9 Å². The lowest BCUT2D eigenvalue weighted by Crippen LogP contribution is -2.28. The molecule has 0 bridgehead atoms. The smallest absolute Gasteiger partial charge is 0.341 e. The van der Waals surface area contributed by atoms with E-state index in [4.69, 9.17) is 9.84 Å². The van der Waals surface area contributed by atoms with E-state index in [-0.39, 0.29) is 5.56 Å². The maximum atomic E-state index is 12.0. The van der Waals surface area contributed by atoms with Crippen LogP contribution < -0.4 is 10.1 Å². The molecule has 7 heteroatoms. The number of benzene rings is 1. The van der Waals surface area contributed by atoms with Crippen LogP contribution in [-0.4, -0.2) is 36.6 Å². The standard InChI is InChI=1S/C13H15F2NO4/c1-7-3-9(13(19)16-5-10(14)15)4-8(2)12(7)20-6-11(17)18/h3-4,10H,5-6H2,1-2H3,(H,16,19)(H,17,18). The van der Waals surface area contributed by atoms with Crippen LogP contribution in [0.5, 0.6) is 5.75 Å². The van der Waals surface area contributed by atoms with E-state index in [9.17, 15) is 18.4 Å². The van der Waals surface area contributed by atoms with Crippen LogP contribution in [-0.2, 0) is 4.79 Å². The summed E-state index contributed by atoms with van der Waals surface area (Å²) in [6.07, 6.45) is -2.61. The van der Waals surface area contributed by atoms with Gasteiger partial charge in [0.05, 0.1) is 6.54 Å². The van der Waals surface area contributed by atoms with Gasteiger partial charge >= 0.3 is 5.97 Å². The second-order valence-electron chi connectivity index (χ2n) is 4.22. The van der Waals surface area contributed by atoms with Gasteiger partial charge in [-0.2, -0.15) is 0 Å². The summed E-state index contributed by atoms with van der Waals surface area (Å²) < 4.78 is 29.1. The molecule has 110 valence electrons. The third-order valence-corrected chi connectivity index (χ3v) is 2.48. The van der Waals surface area contributed by atoms with Gasteiger partial charge in [-0.15, -0.1) is 0 Å². The Balaban J connectivity index is 2.87. The molecule has 0 aliphatic carbocycles. The number of halogens is 2. The number of alkyl halides is 2. The summed E-state index contributed by atoms with van der Waals surface area (Å²) in [7, 11) is 0. The summed E-state index contributed by atoms with van der Waals surface area (Å²) in [6.45, 7) is 2.09. The van der Waals surface area contributed by atoms with E-state index >= 15 is 0 Å². The molecular formula is C13H15F2NO4. The Morgan fingerprint density at radius 2 is 1.85 bits per heavy atom. The normalized spacial score (nSPS) is 10.4. The number of carboxylic acid groups (broad SMARTS) is 1. The van der Waals surface area contributed by atoms with Gasteiger partial charge in [-0.3, -0.25) is 4.79 Å². The Kier molecular flexibility index (Phi) is 5.42. The molecule has 5 nitrogen and oxygen atoms in total. The molecule has 1 aromatic carbocycles. The monoisotopic (exact) mass is 287 g/mol. The van der Waals surface area contributed by atoms with Gasteiger partial charge in [-0.05, 0) is 37.1 Å². The average Bonchev–Trinajstić information content (AvgIpc) is 2.34. The third kappa shape index (κ3) is 4.49. The zero-order valence-electron chi connectivity index (χ0n) is 11.1. The number of amides is 1. The van der Waals surface area contributed by atoms with Gasteiger partial charge in [0.2, 0.25) is 0 Å². The summed E-state index contributed by atoms with van der Waals surface area (Å²) >= 11 is 0. The first-order valence-electron chi connectivity index (χ1n) is 5.83. The number of carbonyl (C=O) groups is 2. The third-order valence-electron chi connectivity index (χ3n) is 2.48. The van der Waals surface area contributed by atoms with Gasteiger partial charge in [0.15, 0.2) is 6.61 Å². The lowest BCUT2D eigenvalue weighted by Gasteiger charge is -2.13. The largest absolute Gasteiger partial charge is 0.481 e. The number of aryl methyl sites for hydroxylation is 2. The molecule has 0 aromatic heterocycles. The van der Waals surface area contributed by atoms with Crippen molar-refractivity contribution in [1.29, 1.82) is 0 Å². The van der Waals surface area contributed by atoms with Gasteiger partial charge in [0, 0.05) is 5.56 Å². The van der Waals surface area contributed by atoms with E-state index in [1.54, 1.807) is 13.8 Å². The highest BCUT2D eigenvalue weighted by Gasteiger charge is 2.13. The van der Waals surface area contributed by atoms with Crippen molar-refractivity contribution in [2.75, 3.05) is 13.2 Å². The van der Waals surface area contributed by atoms with Crippen LogP contribution >= 0.6 is 0 Å². The Bertz CT molecular complexity index is 494. The highest BCUT2D eigenvalue weighted by molar-refractivity contribution is 5.94. The molecule has 0 heterocycles. The lowest BCUT2D eigenvalue weighted by atomic mass is 10.1. The first-order chi connectivity index (χ1) is 9.31. The molecule has 0 saturated carbocycles. The minimum Gasteiger partial charge on any atom is -0.481 e. The Morgan fingerprint density at radius 1 is 1.30 bits per heavy atom. The van der Waals surface area contributed by atoms with Crippen molar-refractivity contribution < 1.29 is 28.2 Å². The second kappa shape index (κ2) is 6.83. The maximum Gasteiger partial charge on any atom is 0.341 e. The minimum absolute atomic E-state index is 0.225. The van der Waals surface area contributed by atoms with Crippen LogP contribution in [0, 0.1) is 13.8 Å². The van der Waals surface area contributed by atoms with Crippen molar-refractivity contribution in [1.82, 2.24) is 5.32 Å². The molecule has 0 radical (unpaired) electrons. The number of aliphatic carboxylic acids is 1. The number of nitrogens with one attached hydrogen (secondary N) is 1. The molecule has 0 spiro atoms. The molecule has 0 unspecified atom stereocenters. The Hall–Kier alpha value is -2.18. The van der Waals surface area contributed by atoms with Gasteiger partial charge in [0.1, 0.15) is 5.75 Å². The van der Waals surface area contributed by atoms with E-state index in [1.807, 2.05) is 0 Å². The summed E-state index contributed by atoms with van der Waals surface area (Å²) in [5.74, 6) is -1.35. The van der Waals surface area contributed by atoms with Crippen molar-refractivity contribution in [3.8, 4) is 5.75 Å². The number of hydrogen-bond acceptors (Lipinski definition) is 3. The van der Waals surface area contributed by atoms with Gasteiger partial charge in [0.25, 0.3) is 12.3 Å². The molecular weight excluding hydrogens is 272 g/mol. The van der Waals surface area contributed by atoms with Crippen LogP contribution in [0.2, 0.25) is 0 Å². The molecule has 0 atom stereocenters. The molecule has 0 fully saturated rings. The predicted octanol–water partition coefficient (Wildman–Crippen LogP) is 1.76. The van der Waals surface area contributed by atoms with Crippen molar-refractivity contribution >= 4 is 11.9 Å². The zero-order chi connectivity index (χ0) is 15.3. The fourth-order valence-corrected chi connectivity index (χ4v) is 1.71. The first kappa shape index (κ1) is 15.9. The minimum atomic E-state index is -2.61. The second-order valence-corrected chi connectivity index (χ2v) is 4.22. The van der Waals surface area contributed by atoms with E-state index in [0.717, 1.165) is 0 Å². The quantitative estimate of drug-likeness (QED) is 0.836. The Labute approximate surface area is 114 Å². The molecule has 1 amide bonds. The summed E-state index contributed by atoms with van der Waals surface area (Å²) in [5, 5.41) is 10.7. The van der Waals surface area contributed by atoms with Crippen LogP contribution in [0.3, 0.4) is 0 Å². The molecule has 1 aromatic rings. The first-order valence-corrected chi connectivity index (χ1v) is 5.83. The summed E-state index contributed by atoms with van der Waals surface area (Å²) in [6, 6.07) is 2.93. The zero-order valence-corrected chi connectivity index (χ0v) is 11.1. The molecule has 1 rings (SSSR count). The summed E-state index contributed by atoms with van der Waals surface area (Å²) in [5.41, 5.74) is 1.35. The molecule has 20 heavy (non-hydrogen) atoms. The number of carbonyl (C=O) groups excluding carboxylic acids is 1. The van der Waals surface area contributed by atoms with Crippen molar-refractivity contribution in [3.63, 3.8) is 0 Å². The highest BCUT2D eigenvalue weighted by Crippen LogP contribution is 2.24. The molecule has 0 saturated heterocycles. The van der Waals surface area contributed by atoms with Gasteiger partial charge in [-0.25, -0.2) is 13.6 Å². The number of hydrogen-bond donors (Lipinski definition) is 2. The topological polar surface area (TPSA) is 75.6 Å². The molecule has 0 aliphatic rings. The molecule has 0 aliphatic heterocycles. The van der Waals surface area contributed by atoms with Crippen LogP contribution in [0.25, 0.3) is 0 Å². The Morgan fingerprint density at radius 3 is 2.30 bits per heavy atom. The van der Waals surface area contributed by atoms with Crippen molar-refractivity contribution in [2.24, 2.45) is 0 Å². The number of ether oxygens (including phenoxy) is 1. The van der Waals surface area contributed by atoms with Crippen molar-refractivity contribution in [2.45, 2.75) is 20.3 Å². The fraction of sp³-hybridized carbons (Fsp3) is 0.385. The predicted molar refractivity (Wildman–Crippen MR) is 67.4 cm³/mol. The van der Waals surface area contributed by atoms with Gasteiger partial charge < -0.3 is 15.2 Å². The average molecular weight is 287 g/mol. The van der Waals surface area contributed by atoms with Gasteiger partial charge in [-0.1, -0.05) is 0 Å². The SMILES string of the molecule is Cc1cc(C(=O)NCC(F)F)cc(C)c1OCC(=O)O. The van der Waals surface area contributed by atoms with Crippen LogP contribution in [0.1, 0.15) is 21.5 Å². The van der Waals surface area contributed by atoms with E-state index in [1.165, 1.54) is 12.1 Å². The number of rotatable bonds is 6. The number of carboxylic acids is 1. The van der Waals surface area contributed by atoms with E-state index < -0.39 is 31.5 Å². The molecule has 2 N–H and O–H groups in total. The lowest BCUT2D eigenvalue weighted by molar-refractivity contribution is -0.139. The van der Waals surface area contributed by atoms with Crippen LogP contribution in [0.4, 0.5) is 8.78 Å². The summed E-state index contributed by atoms with van der Waals surface area (Å²) in [4.78, 5) is 22.1. The fourth-order valence-electron chi connectivity index (χ4n) is 1.71. The highest BCUT2D eigenvalue weighted by atomic mass is 19.3. The van der Waals surface area contributed by atoms with Crippen LogP contribution in [0.15, 0.2) is 12.1 Å². The van der Waals surface area contributed by atoms with Crippen molar-refractivity contribution in [3.05, 3.63) is 28.8 Å². The maximum absolute atomic E-state index is 12.0.